The van der Waals surface area contributed by atoms with Crippen LogP contribution in [0.3, 0.4) is 0 Å². The summed E-state index contributed by atoms with van der Waals surface area (Å²) in [5.41, 5.74) is 1.33. The van der Waals surface area contributed by atoms with E-state index in [-0.39, 0.29) is 18.1 Å². The molecule has 0 aromatic rings. The Kier molecular flexibility index (Phi) is 1.12. The average Bonchev–Trinajstić information content (AvgIpc) is 2.33. The zero-order valence-corrected chi connectivity index (χ0v) is 5.70. The van der Waals surface area contributed by atoms with Crippen molar-refractivity contribution in [1.29, 1.82) is 0 Å². The minimum atomic E-state index is -0.266. The van der Waals surface area contributed by atoms with Crippen LogP contribution < -0.4 is 0 Å². The van der Waals surface area contributed by atoms with Crippen molar-refractivity contribution < 1.29 is 9.59 Å². The summed E-state index contributed by atoms with van der Waals surface area (Å²) in [6.45, 7) is 0. The summed E-state index contributed by atoms with van der Waals surface area (Å²) in [7, 11) is 0. The first kappa shape index (κ1) is 6.22. The summed E-state index contributed by atoms with van der Waals surface area (Å²) in [6.07, 6.45) is 4.82. The lowest BCUT2D eigenvalue weighted by molar-refractivity contribution is -0.118. The lowest BCUT2D eigenvalue weighted by atomic mass is 9.99. The molecule has 1 amide bonds. The molecule has 3 heteroatoms. The van der Waals surface area contributed by atoms with Crippen molar-refractivity contribution in [3.63, 3.8) is 0 Å². The second-order valence-corrected chi connectivity index (χ2v) is 2.47. The fourth-order valence-electron chi connectivity index (χ4n) is 1.14. The van der Waals surface area contributed by atoms with Gasteiger partial charge in [0.25, 0.3) is 5.91 Å². The van der Waals surface area contributed by atoms with Crippen molar-refractivity contribution in [3.8, 4) is 0 Å². The molecule has 54 valence electrons. The van der Waals surface area contributed by atoms with E-state index in [1.165, 1.54) is 12.3 Å². The number of hydrogen-bond donors (Lipinski definition) is 0. The van der Waals surface area contributed by atoms with E-state index < -0.39 is 0 Å². The van der Waals surface area contributed by atoms with Crippen LogP contribution in [-0.2, 0) is 9.59 Å². The number of carbonyl (C=O) groups excluding carboxylic acids is 2. The van der Waals surface area contributed by atoms with Crippen LogP contribution in [0.5, 0.6) is 0 Å². The summed E-state index contributed by atoms with van der Waals surface area (Å²) < 4.78 is 0. The maximum Gasteiger partial charge on any atom is 0.274 e. The number of carbonyl (C=O) groups is 2. The SMILES string of the molecule is O=C1C=CC2=C(C1)C(=O)N=C2. The van der Waals surface area contributed by atoms with Gasteiger partial charge in [-0.3, -0.25) is 9.59 Å². The monoisotopic (exact) mass is 147 g/mol. The molecule has 2 aliphatic rings. The highest BCUT2D eigenvalue weighted by Gasteiger charge is 2.22. The average molecular weight is 147 g/mol. The van der Waals surface area contributed by atoms with Crippen molar-refractivity contribution in [2.75, 3.05) is 0 Å². The molecular weight excluding hydrogens is 142 g/mol. The molecule has 0 saturated heterocycles. The molecule has 1 aliphatic carbocycles. The molecule has 0 radical (unpaired) electrons. The molecular formula is C8H5NO2. The van der Waals surface area contributed by atoms with Gasteiger partial charge in [0.1, 0.15) is 0 Å². The Morgan fingerprint density at radius 3 is 2.91 bits per heavy atom. The summed E-state index contributed by atoms with van der Waals surface area (Å²) in [4.78, 5) is 25.3. The number of aliphatic imine (C=N–C) groups is 1. The molecule has 1 aliphatic heterocycles. The fourth-order valence-corrected chi connectivity index (χ4v) is 1.14. The summed E-state index contributed by atoms with van der Waals surface area (Å²) >= 11 is 0. The Balaban J connectivity index is 2.46. The van der Waals surface area contributed by atoms with Gasteiger partial charge in [0.15, 0.2) is 5.78 Å². The van der Waals surface area contributed by atoms with Gasteiger partial charge in [-0.1, -0.05) is 0 Å². The van der Waals surface area contributed by atoms with E-state index in [0.717, 1.165) is 5.57 Å². The smallest absolute Gasteiger partial charge is 0.274 e. The van der Waals surface area contributed by atoms with Gasteiger partial charge in [-0.25, -0.2) is 4.99 Å². The second-order valence-electron chi connectivity index (χ2n) is 2.47. The zero-order valence-electron chi connectivity index (χ0n) is 5.70. The molecule has 1 heterocycles. The Labute approximate surface area is 63.1 Å². The van der Waals surface area contributed by atoms with Gasteiger partial charge in [-0.15, -0.1) is 0 Å². The first-order chi connectivity index (χ1) is 5.27. The van der Waals surface area contributed by atoms with Gasteiger partial charge < -0.3 is 0 Å². The van der Waals surface area contributed by atoms with Crippen molar-refractivity contribution in [1.82, 2.24) is 0 Å². The third-order valence-electron chi connectivity index (χ3n) is 1.73. The van der Waals surface area contributed by atoms with Gasteiger partial charge in [-0.05, 0) is 12.2 Å². The lowest BCUT2D eigenvalue weighted by Crippen LogP contribution is -2.06. The largest absolute Gasteiger partial charge is 0.294 e. The molecule has 11 heavy (non-hydrogen) atoms. The van der Waals surface area contributed by atoms with Crippen LogP contribution in [0.15, 0.2) is 28.3 Å². The Morgan fingerprint density at radius 1 is 1.27 bits per heavy atom. The van der Waals surface area contributed by atoms with Crippen LogP contribution in [0.4, 0.5) is 0 Å². The number of nitrogens with zero attached hydrogens (tertiary/aromatic N) is 1. The highest BCUT2D eigenvalue weighted by atomic mass is 16.1. The van der Waals surface area contributed by atoms with E-state index in [1.807, 2.05) is 0 Å². The number of rotatable bonds is 0. The normalized spacial score (nSPS) is 21.5. The van der Waals surface area contributed by atoms with E-state index in [1.54, 1.807) is 6.08 Å². The highest BCUT2D eigenvalue weighted by Crippen LogP contribution is 2.20. The number of ketones is 1. The highest BCUT2D eigenvalue weighted by molar-refractivity contribution is 6.17. The van der Waals surface area contributed by atoms with E-state index >= 15 is 0 Å². The zero-order chi connectivity index (χ0) is 7.84. The second kappa shape index (κ2) is 1.99. The molecule has 0 aromatic carbocycles. The molecule has 0 bridgehead atoms. The number of amides is 1. The third-order valence-corrected chi connectivity index (χ3v) is 1.73. The Hall–Kier alpha value is -1.51. The van der Waals surface area contributed by atoms with Gasteiger partial charge in [-0.2, -0.15) is 0 Å². The molecule has 0 atom stereocenters. The summed E-state index contributed by atoms with van der Waals surface area (Å²) in [6, 6.07) is 0. The minimum absolute atomic E-state index is 0.0254. The topological polar surface area (TPSA) is 46.5 Å². The summed E-state index contributed by atoms with van der Waals surface area (Å²) in [5.74, 6) is -0.291. The molecule has 0 aromatic heterocycles. The number of hydrogen-bond acceptors (Lipinski definition) is 2. The van der Waals surface area contributed by atoms with E-state index in [0.29, 0.717) is 5.57 Å². The third kappa shape index (κ3) is 0.852. The van der Waals surface area contributed by atoms with Crippen LogP contribution in [0.1, 0.15) is 6.42 Å². The van der Waals surface area contributed by atoms with Gasteiger partial charge in [0.05, 0.1) is 0 Å². The molecule has 0 fully saturated rings. The van der Waals surface area contributed by atoms with Gasteiger partial charge >= 0.3 is 0 Å². The van der Waals surface area contributed by atoms with Gasteiger partial charge in [0.2, 0.25) is 0 Å². The fraction of sp³-hybridized carbons (Fsp3) is 0.125. The van der Waals surface area contributed by atoms with Crippen molar-refractivity contribution in [2.45, 2.75) is 6.42 Å². The van der Waals surface area contributed by atoms with E-state index in [4.69, 9.17) is 0 Å². The van der Waals surface area contributed by atoms with Crippen LogP contribution in [0.25, 0.3) is 0 Å². The molecule has 0 N–H and O–H groups in total. The van der Waals surface area contributed by atoms with Crippen LogP contribution in [0, 0.1) is 0 Å². The quantitative estimate of drug-likeness (QED) is 0.498. The van der Waals surface area contributed by atoms with E-state index in [9.17, 15) is 9.59 Å². The predicted octanol–water partition coefficient (Wildman–Crippen LogP) is 0.423. The predicted molar refractivity (Wildman–Crippen MR) is 39.3 cm³/mol. The standard InChI is InChI=1S/C8H5NO2/c10-6-2-1-5-4-9-8(11)7(5)3-6/h1-2,4H,3H2. The Bertz CT molecular complexity index is 334. The lowest BCUT2D eigenvalue weighted by Gasteiger charge is -2.02. The van der Waals surface area contributed by atoms with Crippen LogP contribution in [-0.4, -0.2) is 17.9 Å². The van der Waals surface area contributed by atoms with Crippen molar-refractivity contribution in [2.24, 2.45) is 4.99 Å². The summed E-state index contributed by atoms with van der Waals surface area (Å²) in [5, 5.41) is 0. The Morgan fingerprint density at radius 2 is 2.09 bits per heavy atom. The maximum absolute atomic E-state index is 10.9. The van der Waals surface area contributed by atoms with Crippen molar-refractivity contribution >= 4 is 17.9 Å². The molecule has 3 nitrogen and oxygen atoms in total. The first-order valence-electron chi connectivity index (χ1n) is 3.30. The molecule has 0 spiro atoms. The van der Waals surface area contributed by atoms with Gasteiger partial charge in [0, 0.05) is 23.8 Å². The number of allylic oxidation sites excluding steroid dienone is 3. The minimum Gasteiger partial charge on any atom is -0.294 e. The first-order valence-corrected chi connectivity index (χ1v) is 3.30. The van der Waals surface area contributed by atoms with Crippen LogP contribution >= 0.6 is 0 Å². The maximum atomic E-state index is 10.9. The molecule has 2 rings (SSSR count). The van der Waals surface area contributed by atoms with Crippen molar-refractivity contribution in [3.05, 3.63) is 23.3 Å². The van der Waals surface area contributed by atoms with E-state index in [2.05, 4.69) is 4.99 Å². The molecule has 0 unspecified atom stereocenters. The molecule has 0 saturated carbocycles. The van der Waals surface area contributed by atoms with Crippen LogP contribution in [0.2, 0.25) is 0 Å².